The van der Waals surface area contributed by atoms with Crippen molar-refractivity contribution in [2.75, 3.05) is 19.3 Å². The van der Waals surface area contributed by atoms with Crippen molar-refractivity contribution in [1.82, 2.24) is 4.90 Å². The Balaban J connectivity index is 1.70. The van der Waals surface area contributed by atoms with Gasteiger partial charge in [-0.05, 0) is 37.9 Å². The number of hydrogen-bond donors (Lipinski definition) is 0. The van der Waals surface area contributed by atoms with E-state index >= 15 is 0 Å². The first kappa shape index (κ1) is 14.0. The fourth-order valence-corrected chi connectivity index (χ4v) is 3.77. The molecule has 0 saturated heterocycles. The molecule has 2 heteroatoms. The van der Waals surface area contributed by atoms with E-state index in [-0.39, 0.29) is 0 Å². The summed E-state index contributed by atoms with van der Waals surface area (Å²) in [5.74, 6) is 2.12. The van der Waals surface area contributed by atoms with Crippen molar-refractivity contribution in [1.29, 1.82) is 0 Å². The fourth-order valence-electron chi connectivity index (χ4n) is 2.81. The summed E-state index contributed by atoms with van der Waals surface area (Å²) < 4.78 is 0. The molecule has 0 spiro atoms. The monoisotopic (exact) mass is 263 g/mol. The standard InChI is InChI=1S/C16H25NS/c1-14-7-6-8-15(13-14)17(2)11-12-18-16-9-4-3-5-10-16/h3-5,9-10,14-15H,6-8,11-13H2,1-2H3. The van der Waals surface area contributed by atoms with Crippen LogP contribution < -0.4 is 0 Å². The Labute approximate surface area is 116 Å². The molecule has 0 heterocycles. The third kappa shape index (κ3) is 4.33. The molecular formula is C16H25NS. The smallest absolute Gasteiger partial charge is 0.0108 e. The van der Waals surface area contributed by atoms with Crippen LogP contribution in [0.4, 0.5) is 0 Å². The molecular weight excluding hydrogens is 238 g/mol. The van der Waals surface area contributed by atoms with Gasteiger partial charge in [0.2, 0.25) is 0 Å². The predicted octanol–water partition coefficient (Wildman–Crippen LogP) is 4.29. The molecule has 2 unspecified atom stereocenters. The molecule has 0 aliphatic heterocycles. The Morgan fingerprint density at radius 3 is 2.72 bits per heavy atom. The molecule has 0 radical (unpaired) electrons. The van der Waals surface area contributed by atoms with E-state index in [4.69, 9.17) is 0 Å². The first-order valence-corrected chi connectivity index (χ1v) is 8.12. The molecule has 0 N–H and O–H groups in total. The van der Waals surface area contributed by atoms with Gasteiger partial charge < -0.3 is 4.90 Å². The van der Waals surface area contributed by atoms with Crippen molar-refractivity contribution < 1.29 is 0 Å². The van der Waals surface area contributed by atoms with Crippen LogP contribution in [0, 0.1) is 5.92 Å². The first-order chi connectivity index (χ1) is 8.75. The summed E-state index contributed by atoms with van der Waals surface area (Å²) in [5.41, 5.74) is 0. The summed E-state index contributed by atoms with van der Waals surface area (Å²) in [6.45, 7) is 3.61. The van der Waals surface area contributed by atoms with Crippen molar-refractivity contribution in [2.24, 2.45) is 5.92 Å². The maximum atomic E-state index is 2.58. The van der Waals surface area contributed by atoms with Gasteiger partial charge in [-0.3, -0.25) is 0 Å². The van der Waals surface area contributed by atoms with Crippen LogP contribution in [-0.2, 0) is 0 Å². The molecule has 1 aliphatic rings. The van der Waals surface area contributed by atoms with E-state index < -0.39 is 0 Å². The molecule has 1 aliphatic carbocycles. The largest absolute Gasteiger partial charge is 0.303 e. The molecule has 1 saturated carbocycles. The Kier molecular flexibility index (Phi) is 5.58. The van der Waals surface area contributed by atoms with Gasteiger partial charge in [-0.2, -0.15) is 0 Å². The van der Waals surface area contributed by atoms with Crippen molar-refractivity contribution in [2.45, 2.75) is 43.5 Å². The van der Waals surface area contributed by atoms with Crippen molar-refractivity contribution in [3.05, 3.63) is 30.3 Å². The summed E-state index contributed by atoms with van der Waals surface area (Å²) in [6, 6.07) is 11.6. The molecule has 0 amide bonds. The third-order valence-electron chi connectivity index (χ3n) is 3.99. The van der Waals surface area contributed by atoms with E-state index in [1.54, 1.807) is 0 Å². The Morgan fingerprint density at radius 2 is 2.00 bits per heavy atom. The summed E-state index contributed by atoms with van der Waals surface area (Å²) in [6.07, 6.45) is 5.65. The minimum Gasteiger partial charge on any atom is -0.303 e. The van der Waals surface area contributed by atoms with Crippen molar-refractivity contribution in [3.63, 3.8) is 0 Å². The van der Waals surface area contributed by atoms with E-state index in [9.17, 15) is 0 Å². The highest BCUT2D eigenvalue weighted by atomic mass is 32.2. The molecule has 2 rings (SSSR count). The number of benzene rings is 1. The molecule has 18 heavy (non-hydrogen) atoms. The van der Waals surface area contributed by atoms with Gasteiger partial charge in [0.05, 0.1) is 0 Å². The predicted molar refractivity (Wildman–Crippen MR) is 81.2 cm³/mol. The maximum Gasteiger partial charge on any atom is 0.0108 e. The van der Waals surface area contributed by atoms with Gasteiger partial charge in [-0.25, -0.2) is 0 Å². The van der Waals surface area contributed by atoms with Gasteiger partial charge in [-0.15, -0.1) is 11.8 Å². The highest BCUT2D eigenvalue weighted by Crippen LogP contribution is 2.27. The minimum absolute atomic E-state index is 0.824. The first-order valence-electron chi connectivity index (χ1n) is 7.14. The zero-order valence-corrected chi connectivity index (χ0v) is 12.5. The quantitative estimate of drug-likeness (QED) is 0.729. The van der Waals surface area contributed by atoms with Gasteiger partial charge in [0.25, 0.3) is 0 Å². The fraction of sp³-hybridized carbons (Fsp3) is 0.625. The third-order valence-corrected chi connectivity index (χ3v) is 4.98. The number of thioether (sulfide) groups is 1. The van der Waals surface area contributed by atoms with E-state index in [0.29, 0.717) is 0 Å². The molecule has 0 aromatic heterocycles. The second kappa shape index (κ2) is 7.20. The van der Waals surface area contributed by atoms with Crippen LogP contribution in [0.2, 0.25) is 0 Å². The van der Waals surface area contributed by atoms with Gasteiger partial charge in [0, 0.05) is 23.2 Å². The topological polar surface area (TPSA) is 3.24 Å². The van der Waals surface area contributed by atoms with Crippen LogP contribution in [0.15, 0.2) is 35.2 Å². The maximum absolute atomic E-state index is 2.58. The molecule has 1 aromatic carbocycles. The van der Waals surface area contributed by atoms with E-state index in [0.717, 1.165) is 12.0 Å². The molecule has 1 fully saturated rings. The van der Waals surface area contributed by atoms with Gasteiger partial charge in [-0.1, -0.05) is 38.0 Å². The second-order valence-corrected chi connectivity index (χ2v) is 6.74. The molecule has 1 aromatic rings. The number of nitrogens with zero attached hydrogens (tertiary/aromatic N) is 1. The molecule has 2 atom stereocenters. The van der Waals surface area contributed by atoms with Crippen LogP contribution in [0.5, 0.6) is 0 Å². The summed E-state index contributed by atoms with van der Waals surface area (Å²) in [5, 5.41) is 0. The zero-order chi connectivity index (χ0) is 12.8. The van der Waals surface area contributed by atoms with Crippen LogP contribution in [0.1, 0.15) is 32.6 Å². The van der Waals surface area contributed by atoms with E-state index in [1.165, 1.54) is 42.9 Å². The zero-order valence-electron chi connectivity index (χ0n) is 11.6. The highest BCUT2D eigenvalue weighted by Gasteiger charge is 2.21. The summed E-state index contributed by atoms with van der Waals surface area (Å²) in [7, 11) is 2.30. The minimum atomic E-state index is 0.824. The van der Waals surface area contributed by atoms with E-state index in [2.05, 4.69) is 49.2 Å². The Morgan fingerprint density at radius 1 is 1.22 bits per heavy atom. The average molecular weight is 263 g/mol. The lowest BCUT2D eigenvalue weighted by molar-refractivity contribution is 0.172. The van der Waals surface area contributed by atoms with Gasteiger partial charge in [0.15, 0.2) is 0 Å². The van der Waals surface area contributed by atoms with E-state index in [1.807, 2.05) is 11.8 Å². The van der Waals surface area contributed by atoms with Crippen molar-refractivity contribution >= 4 is 11.8 Å². The SMILES string of the molecule is CC1CCCC(N(C)CCSc2ccccc2)C1. The lowest BCUT2D eigenvalue weighted by Gasteiger charge is -2.34. The normalized spacial score (nSPS) is 24.4. The Bertz CT molecular complexity index is 338. The van der Waals surface area contributed by atoms with Crippen LogP contribution >= 0.6 is 11.8 Å². The molecule has 0 bridgehead atoms. The Hall–Kier alpha value is -0.470. The van der Waals surface area contributed by atoms with Crippen LogP contribution in [0.25, 0.3) is 0 Å². The number of hydrogen-bond acceptors (Lipinski definition) is 2. The average Bonchev–Trinajstić information content (AvgIpc) is 2.40. The van der Waals surface area contributed by atoms with Crippen LogP contribution in [-0.4, -0.2) is 30.3 Å². The van der Waals surface area contributed by atoms with Crippen LogP contribution in [0.3, 0.4) is 0 Å². The lowest BCUT2D eigenvalue weighted by atomic mass is 9.86. The summed E-state index contributed by atoms with van der Waals surface area (Å²) in [4.78, 5) is 3.97. The highest BCUT2D eigenvalue weighted by molar-refractivity contribution is 7.99. The molecule has 1 nitrogen and oxygen atoms in total. The van der Waals surface area contributed by atoms with Gasteiger partial charge >= 0.3 is 0 Å². The van der Waals surface area contributed by atoms with Gasteiger partial charge in [0.1, 0.15) is 0 Å². The van der Waals surface area contributed by atoms with Crippen molar-refractivity contribution in [3.8, 4) is 0 Å². The molecule has 100 valence electrons. The summed E-state index contributed by atoms with van der Waals surface area (Å²) >= 11 is 1.97. The second-order valence-electron chi connectivity index (χ2n) is 5.57. The number of rotatable bonds is 5. The lowest BCUT2D eigenvalue weighted by Crippen LogP contribution is -2.36.